The highest BCUT2D eigenvalue weighted by Crippen LogP contribution is 2.35. The quantitative estimate of drug-likeness (QED) is 0.355. The largest absolute Gasteiger partial charge is 0.396 e. The van der Waals surface area contributed by atoms with Crippen LogP contribution in [0.4, 0.5) is 21.7 Å². The van der Waals surface area contributed by atoms with Crippen LogP contribution in [0.1, 0.15) is 11.1 Å². The number of fused-ring (bicyclic) bond motifs is 3. The topological polar surface area (TPSA) is 95.7 Å². The van der Waals surface area contributed by atoms with E-state index in [0.717, 1.165) is 36.1 Å². The minimum Gasteiger partial charge on any atom is -0.396 e. The lowest BCUT2D eigenvalue weighted by Gasteiger charge is -2.25. The number of hydrogen-bond donors (Lipinski definition) is 3. The molecule has 0 saturated carbocycles. The van der Waals surface area contributed by atoms with E-state index in [9.17, 15) is 0 Å². The van der Waals surface area contributed by atoms with Gasteiger partial charge in [-0.2, -0.15) is 0 Å². The van der Waals surface area contributed by atoms with Crippen LogP contribution in [0.2, 0.25) is 0 Å². The summed E-state index contributed by atoms with van der Waals surface area (Å²) in [6.07, 6.45) is 7.77. The summed E-state index contributed by atoms with van der Waals surface area (Å²) in [5.41, 5.74) is 12.2. The van der Waals surface area contributed by atoms with Crippen molar-refractivity contribution in [3.63, 3.8) is 0 Å². The fraction of sp³-hybridized carbons (Fsp3) is 0.160. The number of pyridine rings is 1. The van der Waals surface area contributed by atoms with Gasteiger partial charge in [0.15, 0.2) is 5.82 Å². The van der Waals surface area contributed by atoms with Crippen molar-refractivity contribution in [1.29, 1.82) is 0 Å². The molecule has 33 heavy (non-hydrogen) atoms. The number of likely N-dealkylation sites (N-methyl/N-ethyl adjacent to an activating group) is 1. The summed E-state index contributed by atoms with van der Waals surface area (Å²) < 4.78 is 15.3. The number of nitrogens with zero attached hydrogens (tertiary/aromatic N) is 4. The van der Waals surface area contributed by atoms with Crippen LogP contribution in [0, 0.1) is 5.82 Å². The van der Waals surface area contributed by atoms with Crippen LogP contribution < -0.4 is 11.1 Å². The van der Waals surface area contributed by atoms with Crippen LogP contribution in [-0.4, -0.2) is 38.4 Å². The highest BCUT2D eigenvalue weighted by Gasteiger charge is 2.18. The SMILES string of the molecule is CN1CCc2ccc(Nc3ncc4c(N)c(F)c(-c5cncc6[nH]ccc56)cc4n3)cc2C1. The predicted molar refractivity (Wildman–Crippen MR) is 129 cm³/mol. The molecule has 0 bridgehead atoms. The fourth-order valence-corrected chi connectivity index (χ4v) is 4.53. The summed E-state index contributed by atoms with van der Waals surface area (Å²) in [7, 11) is 2.13. The number of hydrogen-bond acceptors (Lipinski definition) is 6. The summed E-state index contributed by atoms with van der Waals surface area (Å²) in [5.74, 6) is -0.0670. The van der Waals surface area contributed by atoms with Crippen molar-refractivity contribution in [1.82, 2.24) is 24.8 Å². The van der Waals surface area contributed by atoms with Gasteiger partial charge in [-0.1, -0.05) is 6.07 Å². The van der Waals surface area contributed by atoms with Crippen molar-refractivity contribution >= 4 is 39.1 Å². The van der Waals surface area contributed by atoms with Gasteiger partial charge < -0.3 is 20.9 Å². The highest BCUT2D eigenvalue weighted by molar-refractivity contribution is 6.00. The number of nitrogens with two attached hydrogens (primary N) is 1. The van der Waals surface area contributed by atoms with Gasteiger partial charge in [0.25, 0.3) is 0 Å². The number of rotatable bonds is 3. The molecule has 8 heteroatoms. The van der Waals surface area contributed by atoms with Gasteiger partial charge in [-0.25, -0.2) is 14.4 Å². The molecule has 0 radical (unpaired) electrons. The summed E-state index contributed by atoms with van der Waals surface area (Å²) in [4.78, 5) is 18.7. The smallest absolute Gasteiger partial charge is 0.227 e. The fourth-order valence-electron chi connectivity index (χ4n) is 4.53. The Labute approximate surface area is 189 Å². The Kier molecular flexibility index (Phi) is 4.48. The van der Waals surface area contributed by atoms with E-state index < -0.39 is 5.82 Å². The van der Waals surface area contributed by atoms with Gasteiger partial charge in [0, 0.05) is 59.3 Å². The van der Waals surface area contributed by atoms with E-state index in [-0.39, 0.29) is 5.69 Å². The van der Waals surface area contributed by atoms with Gasteiger partial charge in [0.05, 0.1) is 22.9 Å². The third-order valence-electron chi connectivity index (χ3n) is 6.29. The van der Waals surface area contributed by atoms with E-state index >= 15 is 4.39 Å². The molecule has 0 amide bonds. The first kappa shape index (κ1) is 19.6. The van der Waals surface area contributed by atoms with Crippen LogP contribution in [0.3, 0.4) is 0 Å². The van der Waals surface area contributed by atoms with E-state index in [0.29, 0.717) is 28.0 Å². The molecule has 0 aliphatic carbocycles. The molecular weight excluding hydrogens is 417 g/mol. The molecule has 0 unspecified atom stereocenters. The maximum atomic E-state index is 15.3. The standard InChI is InChI=1S/C25H22FN7/c1-33-7-5-14-2-3-16(8-15(14)13-33)31-25-30-11-20-21(32-25)9-18(23(26)24(20)27)19-10-28-12-22-17(19)4-6-29-22/h2-4,6,8-12,29H,5,7,13,27H2,1H3,(H,30,31,32). The van der Waals surface area contributed by atoms with E-state index in [4.69, 9.17) is 5.73 Å². The molecular formula is C25H22FN7. The number of halogens is 1. The zero-order chi connectivity index (χ0) is 22.5. The Morgan fingerprint density at radius 3 is 2.88 bits per heavy atom. The Morgan fingerprint density at radius 1 is 1.06 bits per heavy atom. The molecule has 4 heterocycles. The average Bonchev–Trinajstić information content (AvgIpc) is 3.30. The van der Waals surface area contributed by atoms with Gasteiger partial charge in [0.2, 0.25) is 5.95 Å². The molecule has 6 rings (SSSR count). The number of aromatic amines is 1. The highest BCUT2D eigenvalue weighted by atomic mass is 19.1. The van der Waals surface area contributed by atoms with E-state index in [1.165, 1.54) is 11.1 Å². The third-order valence-corrected chi connectivity index (χ3v) is 6.29. The summed E-state index contributed by atoms with van der Waals surface area (Å²) in [6, 6.07) is 9.94. The zero-order valence-electron chi connectivity index (χ0n) is 18.1. The molecule has 1 aliphatic heterocycles. The third kappa shape index (κ3) is 3.35. The second kappa shape index (κ2) is 7.53. The molecule has 0 atom stereocenters. The summed E-state index contributed by atoms with van der Waals surface area (Å²) in [6.45, 7) is 1.99. The van der Waals surface area contributed by atoms with E-state index in [2.05, 4.69) is 49.3 Å². The molecule has 0 fully saturated rings. The number of nitrogen functional groups attached to an aromatic ring is 1. The molecule has 5 aromatic rings. The first-order chi connectivity index (χ1) is 16.1. The maximum absolute atomic E-state index is 15.3. The normalized spacial score (nSPS) is 14.0. The maximum Gasteiger partial charge on any atom is 0.227 e. The van der Waals surface area contributed by atoms with Gasteiger partial charge in [-0.3, -0.25) is 4.98 Å². The van der Waals surface area contributed by atoms with Crippen LogP contribution >= 0.6 is 0 Å². The van der Waals surface area contributed by atoms with Gasteiger partial charge >= 0.3 is 0 Å². The minimum atomic E-state index is -0.499. The molecule has 3 aromatic heterocycles. The van der Waals surface area contributed by atoms with Crippen molar-refractivity contribution < 1.29 is 4.39 Å². The number of anilines is 3. The summed E-state index contributed by atoms with van der Waals surface area (Å²) >= 11 is 0. The first-order valence-electron chi connectivity index (χ1n) is 10.8. The number of H-pyrrole nitrogens is 1. The lowest BCUT2D eigenvalue weighted by atomic mass is 9.99. The number of aromatic nitrogens is 4. The predicted octanol–water partition coefficient (Wildman–Crippen LogP) is 4.63. The van der Waals surface area contributed by atoms with Gasteiger partial charge in [-0.15, -0.1) is 0 Å². The number of nitrogens with one attached hydrogen (secondary N) is 2. The Bertz CT molecular complexity index is 1520. The van der Waals surface area contributed by atoms with E-state index in [1.807, 2.05) is 12.1 Å². The molecule has 2 aromatic carbocycles. The van der Waals surface area contributed by atoms with Crippen molar-refractivity contribution in [2.75, 3.05) is 24.6 Å². The monoisotopic (exact) mass is 439 g/mol. The zero-order valence-corrected chi connectivity index (χ0v) is 18.1. The molecule has 0 saturated heterocycles. The van der Waals surface area contributed by atoms with Gasteiger partial charge in [-0.05, 0) is 48.9 Å². The lowest BCUT2D eigenvalue weighted by molar-refractivity contribution is 0.313. The Morgan fingerprint density at radius 2 is 1.97 bits per heavy atom. The second-order valence-corrected chi connectivity index (χ2v) is 8.50. The van der Waals surface area contributed by atoms with Gasteiger partial charge in [0.1, 0.15) is 0 Å². The van der Waals surface area contributed by atoms with Crippen molar-refractivity contribution in [2.24, 2.45) is 0 Å². The molecule has 164 valence electrons. The summed E-state index contributed by atoms with van der Waals surface area (Å²) in [5, 5.41) is 4.63. The van der Waals surface area contributed by atoms with Crippen LogP contribution in [-0.2, 0) is 13.0 Å². The molecule has 4 N–H and O–H groups in total. The average molecular weight is 439 g/mol. The van der Waals surface area contributed by atoms with Crippen molar-refractivity contribution in [3.8, 4) is 11.1 Å². The first-order valence-corrected chi connectivity index (χ1v) is 10.8. The van der Waals surface area contributed by atoms with E-state index in [1.54, 1.807) is 30.9 Å². The van der Waals surface area contributed by atoms with Crippen LogP contribution in [0.5, 0.6) is 0 Å². The molecule has 1 aliphatic rings. The van der Waals surface area contributed by atoms with Crippen LogP contribution in [0.15, 0.2) is 55.1 Å². The lowest BCUT2D eigenvalue weighted by Crippen LogP contribution is -2.26. The Hall–Kier alpha value is -4.04. The van der Waals surface area contributed by atoms with Crippen molar-refractivity contribution in [3.05, 3.63) is 72.1 Å². The second-order valence-electron chi connectivity index (χ2n) is 8.50. The number of benzene rings is 2. The molecule has 7 nitrogen and oxygen atoms in total. The Balaban J connectivity index is 1.41. The molecule has 0 spiro atoms. The minimum absolute atomic E-state index is 0.0263. The van der Waals surface area contributed by atoms with Crippen molar-refractivity contribution in [2.45, 2.75) is 13.0 Å². The van der Waals surface area contributed by atoms with Crippen LogP contribution in [0.25, 0.3) is 32.9 Å².